The van der Waals surface area contributed by atoms with Crippen molar-refractivity contribution in [3.05, 3.63) is 29.8 Å². The van der Waals surface area contributed by atoms with Gasteiger partial charge in [-0.15, -0.1) is 0 Å². The van der Waals surface area contributed by atoms with Crippen molar-refractivity contribution in [1.82, 2.24) is 0 Å². The zero-order chi connectivity index (χ0) is 11.7. The third-order valence-electron chi connectivity index (χ3n) is 2.44. The summed E-state index contributed by atoms with van der Waals surface area (Å²) in [6, 6.07) is 2.72. The molecule has 1 N–H and O–H groups in total. The summed E-state index contributed by atoms with van der Waals surface area (Å²) in [6.45, 7) is 0. The molecular weight excluding hydrogens is 218 g/mol. The zero-order valence-electron chi connectivity index (χ0n) is 8.32. The maximum Gasteiger partial charge on any atom is 0.345 e. The number of ether oxygens (including phenoxy) is 1. The molecule has 0 saturated heterocycles. The molecule has 1 aliphatic rings. The number of aliphatic carboxylic acids is 1. The van der Waals surface area contributed by atoms with E-state index in [0.29, 0.717) is 0 Å². The van der Waals surface area contributed by atoms with Crippen LogP contribution in [-0.4, -0.2) is 17.2 Å². The van der Waals surface area contributed by atoms with Gasteiger partial charge in [-0.3, -0.25) is 0 Å². The van der Waals surface area contributed by atoms with Gasteiger partial charge in [-0.2, -0.15) is 0 Å². The van der Waals surface area contributed by atoms with Gasteiger partial charge in [0.05, 0.1) is 0 Å². The SMILES string of the molecule is O=C(O)C(Oc1cc(F)ccc1F)C1CC1. The molecule has 0 amide bonds. The molecule has 0 aromatic heterocycles. The first-order chi connectivity index (χ1) is 7.58. The Labute approximate surface area is 90.7 Å². The molecule has 1 aliphatic carbocycles. The van der Waals surface area contributed by atoms with E-state index in [1.54, 1.807) is 0 Å². The van der Waals surface area contributed by atoms with Crippen LogP contribution in [0.3, 0.4) is 0 Å². The lowest BCUT2D eigenvalue weighted by Crippen LogP contribution is -2.29. The van der Waals surface area contributed by atoms with E-state index in [1.807, 2.05) is 0 Å². The summed E-state index contributed by atoms with van der Waals surface area (Å²) in [5.74, 6) is -3.00. The number of halogens is 2. The molecule has 0 heterocycles. The van der Waals surface area contributed by atoms with Crippen LogP contribution in [0.25, 0.3) is 0 Å². The lowest BCUT2D eigenvalue weighted by molar-refractivity contribution is -0.146. The third kappa shape index (κ3) is 2.29. The van der Waals surface area contributed by atoms with Gasteiger partial charge >= 0.3 is 5.97 Å². The molecule has 1 unspecified atom stereocenters. The largest absolute Gasteiger partial charge is 0.478 e. The minimum absolute atomic E-state index is 0.0971. The van der Waals surface area contributed by atoms with Gasteiger partial charge in [-0.05, 0) is 25.0 Å². The van der Waals surface area contributed by atoms with E-state index >= 15 is 0 Å². The molecule has 0 bridgehead atoms. The number of rotatable bonds is 4. The van der Waals surface area contributed by atoms with Gasteiger partial charge in [0.25, 0.3) is 0 Å². The van der Waals surface area contributed by atoms with Crippen LogP contribution in [0.4, 0.5) is 8.78 Å². The van der Waals surface area contributed by atoms with Crippen molar-refractivity contribution in [1.29, 1.82) is 0 Å². The molecule has 1 saturated carbocycles. The fraction of sp³-hybridized carbons (Fsp3) is 0.364. The smallest absolute Gasteiger partial charge is 0.345 e. The first kappa shape index (κ1) is 10.9. The summed E-state index contributed by atoms with van der Waals surface area (Å²) in [5.41, 5.74) is 0. The first-order valence-electron chi connectivity index (χ1n) is 4.92. The van der Waals surface area contributed by atoms with E-state index in [9.17, 15) is 13.6 Å². The Balaban J connectivity index is 2.17. The molecule has 1 fully saturated rings. The Morgan fingerprint density at radius 1 is 1.44 bits per heavy atom. The molecule has 0 spiro atoms. The van der Waals surface area contributed by atoms with Gasteiger partial charge in [-0.1, -0.05) is 0 Å². The summed E-state index contributed by atoms with van der Waals surface area (Å²) in [7, 11) is 0. The van der Waals surface area contributed by atoms with Crippen LogP contribution >= 0.6 is 0 Å². The summed E-state index contributed by atoms with van der Waals surface area (Å²) in [6.07, 6.45) is 0.401. The second-order valence-electron chi connectivity index (χ2n) is 3.79. The van der Waals surface area contributed by atoms with Gasteiger partial charge in [0.15, 0.2) is 17.7 Å². The Hall–Kier alpha value is -1.65. The van der Waals surface area contributed by atoms with Crippen LogP contribution in [0.5, 0.6) is 5.75 Å². The van der Waals surface area contributed by atoms with Crippen LogP contribution in [0.15, 0.2) is 18.2 Å². The van der Waals surface area contributed by atoms with E-state index in [2.05, 4.69) is 0 Å². The standard InChI is InChI=1S/C11H10F2O3/c12-7-3-4-8(13)9(5-7)16-10(11(14)15)6-1-2-6/h3-6,10H,1-2H2,(H,14,15). The van der Waals surface area contributed by atoms with Crippen molar-refractivity contribution in [2.75, 3.05) is 0 Å². The highest BCUT2D eigenvalue weighted by atomic mass is 19.1. The molecule has 0 aliphatic heterocycles. The molecule has 1 aromatic rings. The average molecular weight is 228 g/mol. The van der Waals surface area contributed by atoms with Crippen LogP contribution in [-0.2, 0) is 4.79 Å². The number of carboxylic acid groups (broad SMARTS) is 1. The summed E-state index contributed by atoms with van der Waals surface area (Å²) < 4.78 is 31.0. The lowest BCUT2D eigenvalue weighted by atomic mass is 10.2. The van der Waals surface area contributed by atoms with Crippen LogP contribution in [0.2, 0.25) is 0 Å². The maximum absolute atomic E-state index is 13.2. The second-order valence-corrected chi connectivity index (χ2v) is 3.79. The number of carboxylic acids is 1. The van der Waals surface area contributed by atoms with Crippen LogP contribution in [0, 0.1) is 17.6 Å². The molecule has 3 nitrogen and oxygen atoms in total. The van der Waals surface area contributed by atoms with Gasteiger partial charge in [0.1, 0.15) is 5.82 Å². The van der Waals surface area contributed by atoms with Crippen LogP contribution < -0.4 is 4.74 Å². The Kier molecular flexibility index (Phi) is 2.77. The second kappa shape index (κ2) is 4.08. The highest BCUT2D eigenvalue weighted by molar-refractivity contribution is 5.73. The Bertz CT molecular complexity index is 416. The van der Waals surface area contributed by atoms with E-state index < -0.39 is 23.7 Å². The lowest BCUT2D eigenvalue weighted by Gasteiger charge is -2.14. The van der Waals surface area contributed by atoms with Crippen molar-refractivity contribution >= 4 is 5.97 Å². The number of benzene rings is 1. The first-order valence-corrected chi connectivity index (χ1v) is 4.92. The molecule has 1 aromatic carbocycles. The van der Waals surface area contributed by atoms with E-state index in [0.717, 1.165) is 31.0 Å². The van der Waals surface area contributed by atoms with Gasteiger partial charge in [-0.25, -0.2) is 13.6 Å². The van der Waals surface area contributed by atoms with Gasteiger partial charge in [0.2, 0.25) is 0 Å². The number of hydrogen-bond acceptors (Lipinski definition) is 2. The number of carbonyl (C=O) groups is 1. The monoisotopic (exact) mass is 228 g/mol. The normalized spacial score (nSPS) is 16.9. The molecule has 2 rings (SSSR count). The molecule has 16 heavy (non-hydrogen) atoms. The molecule has 5 heteroatoms. The third-order valence-corrected chi connectivity index (χ3v) is 2.44. The van der Waals surface area contributed by atoms with Crippen molar-refractivity contribution in [2.24, 2.45) is 5.92 Å². The molecule has 0 radical (unpaired) electrons. The topological polar surface area (TPSA) is 46.5 Å². The highest BCUT2D eigenvalue weighted by Gasteiger charge is 2.38. The minimum atomic E-state index is -1.15. The van der Waals surface area contributed by atoms with Crippen molar-refractivity contribution < 1.29 is 23.4 Å². The van der Waals surface area contributed by atoms with Crippen LogP contribution in [0.1, 0.15) is 12.8 Å². The zero-order valence-corrected chi connectivity index (χ0v) is 8.32. The quantitative estimate of drug-likeness (QED) is 0.859. The van der Waals surface area contributed by atoms with Crippen molar-refractivity contribution in [3.8, 4) is 5.75 Å². The Morgan fingerprint density at radius 3 is 2.69 bits per heavy atom. The summed E-state index contributed by atoms with van der Waals surface area (Å²) >= 11 is 0. The van der Waals surface area contributed by atoms with E-state index in [1.165, 1.54) is 0 Å². The van der Waals surface area contributed by atoms with Crippen molar-refractivity contribution in [2.45, 2.75) is 18.9 Å². The highest BCUT2D eigenvalue weighted by Crippen LogP contribution is 2.35. The van der Waals surface area contributed by atoms with Crippen molar-refractivity contribution in [3.63, 3.8) is 0 Å². The average Bonchev–Trinajstić information content (AvgIpc) is 3.02. The fourth-order valence-corrected chi connectivity index (χ4v) is 1.45. The number of hydrogen-bond donors (Lipinski definition) is 1. The minimum Gasteiger partial charge on any atom is -0.478 e. The molecule has 1 atom stereocenters. The van der Waals surface area contributed by atoms with E-state index in [4.69, 9.17) is 9.84 Å². The fourth-order valence-electron chi connectivity index (χ4n) is 1.45. The van der Waals surface area contributed by atoms with E-state index in [-0.39, 0.29) is 11.7 Å². The maximum atomic E-state index is 13.2. The van der Waals surface area contributed by atoms with Gasteiger partial charge < -0.3 is 9.84 Å². The molecular formula is C11H10F2O3. The summed E-state index contributed by atoms with van der Waals surface area (Å²) in [4.78, 5) is 10.8. The predicted molar refractivity (Wildman–Crippen MR) is 51.1 cm³/mol. The summed E-state index contributed by atoms with van der Waals surface area (Å²) in [5, 5.41) is 8.86. The Morgan fingerprint density at radius 2 is 2.12 bits per heavy atom. The van der Waals surface area contributed by atoms with Gasteiger partial charge in [0, 0.05) is 12.0 Å². The predicted octanol–water partition coefficient (Wildman–Crippen LogP) is 2.21. The molecule has 86 valence electrons.